The molecule has 1 aliphatic heterocycles. The molecule has 5 atom stereocenters. The van der Waals surface area contributed by atoms with Crippen LogP contribution >= 0.6 is 0 Å². The van der Waals surface area contributed by atoms with Crippen LogP contribution in [-0.4, -0.2) is 81.1 Å². The predicted octanol–water partition coefficient (Wildman–Crippen LogP) is 1.04. The third-order valence-electron chi connectivity index (χ3n) is 6.15. The summed E-state index contributed by atoms with van der Waals surface area (Å²) in [6, 6.07) is 5.90. The SMILES string of the molecule is O=C(O)c1cccc(-n2ncnc2[C@@H]2O[C@H](CO)[C@H](O)[C@H](n3cc(-c4cc(F)c(F)c(F)c4)nn3)[C@H]2O)c1. The summed E-state index contributed by atoms with van der Waals surface area (Å²) < 4.78 is 48.8. The first-order chi connectivity index (χ1) is 18.2. The van der Waals surface area contributed by atoms with Crippen LogP contribution in [0.15, 0.2) is 48.9 Å². The number of aromatic nitrogens is 6. The standard InChI is InChI=1S/C23H19F3N6O6/c24-13-5-11(6-14(25)17(13)26)15-7-31(30-29-15)18-19(34)16(8-33)38-21(20(18)35)22-27-9-28-32(22)12-3-1-2-10(4-12)23(36)37/h1-7,9,16,18-21,33-35H,8H2,(H,36,37)/t16-,18+,19+,20-,21-/m1/s1. The lowest BCUT2D eigenvalue weighted by molar-refractivity contribution is -0.210. The highest BCUT2D eigenvalue weighted by Gasteiger charge is 2.48. The van der Waals surface area contributed by atoms with E-state index in [9.17, 15) is 38.4 Å². The summed E-state index contributed by atoms with van der Waals surface area (Å²) in [6.07, 6.45) is -3.30. The van der Waals surface area contributed by atoms with Crippen LogP contribution in [0.3, 0.4) is 0 Å². The molecular formula is C23H19F3N6O6. The number of hydrogen-bond acceptors (Lipinski definition) is 9. The van der Waals surface area contributed by atoms with Crippen LogP contribution in [0.4, 0.5) is 13.2 Å². The van der Waals surface area contributed by atoms with Crippen LogP contribution in [0.2, 0.25) is 0 Å². The minimum absolute atomic E-state index is 0.0263. The van der Waals surface area contributed by atoms with Crippen molar-refractivity contribution in [3.05, 3.63) is 77.8 Å². The van der Waals surface area contributed by atoms with E-state index in [4.69, 9.17) is 4.74 Å². The average molecular weight is 532 g/mol. The van der Waals surface area contributed by atoms with Gasteiger partial charge in [0.1, 0.15) is 42.5 Å². The van der Waals surface area contributed by atoms with Gasteiger partial charge in [0, 0.05) is 5.56 Å². The number of aliphatic hydroxyl groups excluding tert-OH is 3. The second-order valence-electron chi connectivity index (χ2n) is 8.47. The number of carboxylic acid groups (broad SMARTS) is 1. The van der Waals surface area contributed by atoms with Gasteiger partial charge in [-0.2, -0.15) is 5.10 Å². The van der Waals surface area contributed by atoms with E-state index in [1.807, 2.05) is 0 Å². The third kappa shape index (κ3) is 4.41. The van der Waals surface area contributed by atoms with Crippen LogP contribution in [-0.2, 0) is 4.74 Å². The highest BCUT2D eigenvalue weighted by molar-refractivity contribution is 5.88. The molecule has 0 radical (unpaired) electrons. The van der Waals surface area contributed by atoms with Gasteiger partial charge in [0.2, 0.25) is 0 Å². The quantitative estimate of drug-likeness (QED) is 0.263. The fourth-order valence-electron chi connectivity index (χ4n) is 4.30. The second-order valence-corrected chi connectivity index (χ2v) is 8.47. The first kappa shape index (κ1) is 25.5. The number of aliphatic hydroxyl groups is 3. The van der Waals surface area contributed by atoms with Crippen LogP contribution in [0.1, 0.15) is 28.3 Å². The van der Waals surface area contributed by atoms with Crippen LogP contribution < -0.4 is 0 Å². The fourth-order valence-corrected chi connectivity index (χ4v) is 4.30. The zero-order chi connectivity index (χ0) is 27.1. The molecule has 3 heterocycles. The molecule has 0 unspecified atom stereocenters. The van der Waals surface area contributed by atoms with Gasteiger partial charge in [-0.1, -0.05) is 11.3 Å². The van der Waals surface area contributed by atoms with E-state index in [2.05, 4.69) is 20.4 Å². The molecule has 12 nitrogen and oxygen atoms in total. The van der Waals surface area contributed by atoms with Gasteiger partial charge in [0.15, 0.2) is 23.3 Å². The van der Waals surface area contributed by atoms with Crippen molar-refractivity contribution in [3.8, 4) is 16.9 Å². The maximum absolute atomic E-state index is 13.7. The summed E-state index contributed by atoms with van der Waals surface area (Å²) >= 11 is 0. The molecule has 0 saturated carbocycles. The molecule has 15 heteroatoms. The van der Waals surface area contributed by atoms with E-state index in [1.54, 1.807) is 6.07 Å². The van der Waals surface area contributed by atoms with E-state index >= 15 is 0 Å². The van der Waals surface area contributed by atoms with Gasteiger partial charge < -0.3 is 25.2 Å². The summed E-state index contributed by atoms with van der Waals surface area (Å²) in [7, 11) is 0. The molecular weight excluding hydrogens is 513 g/mol. The maximum atomic E-state index is 13.7. The number of carboxylic acids is 1. The number of rotatable bonds is 6. The van der Waals surface area contributed by atoms with E-state index in [0.717, 1.165) is 23.1 Å². The molecule has 2 aromatic carbocycles. The molecule has 198 valence electrons. The Labute approximate surface area is 211 Å². The van der Waals surface area contributed by atoms with Crippen LogP contribution in [0.5, 0.6) is 0 Å². The average Bonchev–Trinajstić information content (AvgIpc) is 3.58. The van der Waals surface area contributed by atoms with Crippen molar-refractivity contribution in [1.82, 2.24) is 29.8 Å². The summed E-state index contributed by atoms with van der Waals surface area (Å²) in [6.45, 7) is -0.667. The third-order valence-corrected chi connectivity index (χ3v) is 6.15. The van der Waals surface area contributed by atoms with Crippen molar-refractivity contribution in [2.45, 2.75) is 30.5 Å². The lowest BCUT2D eigenvalue weighted by Crippen LogP contribution is -2.53. The summed E-state index contributed by atoms with van der Waals surface area (Å²) in [5, 5.41) is 53.0. The Kier molecular flexibility index (Phi) is 6.66. The number of halogens is 3. The van der Waals surface area contributed by atoms with Crippen molar-refractivity contribution in [2.24, 2.45) is 0 Å². The van der Waals surface area contributed by atoms with Crippen molar-refractivity contribution in [3.63, 3.8) is 0 Å². The Morgan fingerprint density at radius 3 is 2.50 bits per heavy atom. The molecule has 0 spiro atoms. The monoisotopic (exact) mass is 532 g/mol. The van der Waals surface area contributed by atoms with Crippen molar-refractivity contribution >= 4 is 5.97 Å². The molecule has 38 heavy (non-hydrogen) atoms. The van der Waals surface area contributed by atoms with Gasteiger partial charge in [-0.05, 0) is 30.3 Å². The van der Waals surface area contributed by atoms with E-state index in [0.29, 0.717) is 5.69 Å². The van der Waals surface area contributed by atoms with Crippen LogP contribution in [0, 0.1) is 17.5 Å². The molecule has 0 aliphatic carbocycles. The number of hydrogen-bond donors (Lipinski definition) is 4. The molecule has 2 aromatic heterocycles. The predicted molar refractivity (Wildman–Crippen MR) is 119 cm³/mol. The second kappa shape index (κ2) is 9.94. The highest BCUT2D eigenvalue weighted by atomic mass is 19.2. The Morgan fingerprint density at radius 1 is 1.08 bits per heavy atom. The minimum atomic E-state index is -1.65. The topological polar surface area (TPSA) is 169 Å². The highest BCUT2D eigenvalue weighted by Crippen LogP contribution is 2.38. The lowest BCUT2D eigenvalue weighted by Gasteiger charge is -2.41. The summed E-state index contributed by atoms with van der Waals surface area (Å²) in [4.78, 5) is 15.5. The van der Waals surface area contributed by atoms with E-state index in [-0.39, 0.29) is 22.6 Å². The smallest absolute Gasteiger partial charge is 0.335 e. The largest absolute Gasteiger partial charge is 0.478 e. The Morgan fingerprint density at radius 2 is 1.82 bits per heavy atom. The van der Waals surface area contributed by atoms with Gasteiger partial charge in [0.05, 0.1) is 24.1 Å². The van der Waals surface area contributed by atoms with E-state index in [1.165, 1.54) is 29.1 Å². The molecule has 0 amide bonds. The maximum Gasteiger partial charge on any atom is 0.335 e. The van der Waals surface area contributed by atoms with Crippen molar-refractivity contribution in [1.29, 1.82) is 0 Å². The Bertz CT molecular complexity index is 1470. The normalized spacial score (nSPS) is 23.5. The molecule has 1 fully saturated rings. The summed E-state index contributed by atoms with van der Waals surface area (Å²) in [5.41, 5.74) is 0.0377. The molecule has 4 aromatic rings. The number of carbonyl (C=O) groups is 1. The minimum Gasteiger partial charge on any atom is -0.478 e. The molecule has 1 saturated heterocycles. The first-order valence-corrected chi connectivity index (χ1v) is 11.1. The fraction of sp³-hybridized carbons (Fsp3) is 0.261. The van der Waals surface area contributed by atoms with Gasteiger partial charge in [-0.3, -0.25) is 0 Å². The Hall–Kier alpha value is -4.18. The number of aromatic carboxylic acids is 1. The van der Waals surface area contributed by atoms with Gasteiger partial charge in [-0.25, -0.2) is 32.3 Å². The number of benzene rings is 2. The number of ether oxygens (including phenoxy) is 1. The van der Waals surface area contributed by atoms with Crippen molar-refractivity contribution in [2.75, 3.05) is 6.61 Å². The Balaban J connectivity index is 1.52. The first-order valence-electron chi connectivity index (χ1n) is 11.1. The van der Waals surface area contributed by atoms with Gasteiger partial charge in [-0.15, -0.1) is 5.10 Å². The zero-order valence-electron chi connectivity index (χ0n) is 19.1. The lowest BCUT2D eigenvalue weighted by atomic mass is 9.92. The van der Waals surface area contributed by atoms with E-state index < -0.39 is 60.5 Å². The molecule has 0 bridgehead atoms. The van der Waals surface area contributed by atoms with Gasteiger partial charge in [0.25, 0.3) is 0 Å². The molecule has 5 rings (SSSR count). The molecule has 4 N–H and O–H groups in total. The molecule has 1 aliphatic rings. The van der Waals surface area contributed by atoms with Gasteiger partial charge >= 0.3 is 5.97 Å². The summed E-state index contributed by atoms with van der Waals surface area (Å²) in [5.74, 6) is -5.67. The van der Waals surface area contributed by atoms with Crippen molar-refractivity contribution < 1.29 is 43.1 Å². The van der Waals surface area contributed by atoms with Crippen LogP contribution in [0.25, 0.3) is 16.9 Å². The number of nitrogens with zero attached hydrogens (tertiary/aromatic N) is 6. The zero-order valence-corrected chi connectivity index (χ0v) is 19.1.